The maximum absolute atomic E-state index is 11.1. The quantitative estimate of drug-likeness (QED) is 0.922. The van der Waals surface area contributed by atoms with E-state index in [1.54, 1.807) is 0 Å². The van der Waals surface area contributed by atoms with Crippen molar-refractivity contribution < 1.29 is 14.6 Å². The van der Waals surface area contributed by atoms with E-state index in [-0.39, 0.29) is 17.4 Å². The van der Waals surface area contributed by atoms with Gasteiger partial charge in [-0.1, -0.05) is 30.3 Å². The van der Waals surface area contributed by atoms with Gasteiger partial charge in [0, 0.05) is 31.2 Å². The Kier molecular flexibility index (Phi) is 4.39. The largest absolute Gasteiger partial charge is 0.392 e. The number of hydrogen-bond donors (Lipinski definition) is 1. The molecule has 2 atom stereocenters. The van der Waals surface area contributed by atoms with E-state index in [2.05, 4.69) is 24.3 Å². The van der Waals surface area contributed by atoms with Crippen molar-refractivity contribution in [2.75, 3.05) is 26.4 Å². The predicted molar refractivity (Wildman–Crippen MR) is 77.7 cm³/mol. The van der Waals surface area contributed by atoms with E-state index in [0.29, 0.717) is 6.61 Å². The van der Waals surface area contributed by atoms with Crippen LogP contribution in [0.5, 0.6) is 0 Å². The summed E-state index contributed by atoms with van der Waals surface area (Å²) in [5.41, 5.74) is 1.09. The van der Waals surface area contributed by atoms with Gasteiger partial charge in [-0.15, -0.1) is 0 Å². The Labute approximate surface area is 120 Å². The lowest BCUT2D eigenvalue weighted by Gasteiger charge is -2.45. The van der Waals surface area contributed by atoms with Crippen LogP contribution in [0.15, 0.2) is 30.3 Å². The Bertz CT molecular complexity index is 406. The lowest BCUT2D eigenvalue weighted by Crippen LogP contribution is -2.49. The lowest BCUT2D eigenvalue weighted by atomic mass is 9.66. The minimum atomic E-state index is -0.339. The zero-order valence-electron chi connectivity index (χ0n) is 12.0. The van der Waals surface area contributed by atoms with E-state index < -0.39 is 0 Å². The monoisotopic (exact) mass is 276 g/mol. The first kappa shape index (κ1) is 14.1. The molecule has 0 amide bonds. The highest BCUT2D eigenvalue weighted by molar-refractivity contribution is 5.28. The average molecular weight is 276 g/mol. The van der Waals surface area contributed by atoms with Crippen LogP contribution in [0.2, 0.25) is 0 Å². The van der Waals surface area contributed by atoms with Crippen molar-refractivity contribution in [3.63, 3.8) is 0 Å². The second-order valence-electron chi connectivity index (χ2n) is 6.06. The lowest BCUT2D eigenvalue weighted by molar-refractivity contribution is -0.0756. The van der Waals surface area contributed by atoms with Gasteiger partial charge < -0.3 is 14.6 Å². The van der Waals surface area contributed by atoms with E-state index in [0.717, 1.165) is 45.5 Å². The first-order chi connectivity index (χ1) is 9.83. The molecule has 2 aliphatic rings. The molecule has 3 heteroatoms. The second kappa shape index (κ2) is 6.25. The van der Waals surface area contributed by atoms with Gasteiger partial charge in [-0.3, -0.25) is 0 Å². The smallest absolute Gasteiger partial charge is 0.0688 e. The molecule has 2 saturated heterocycles. The molecule has 3 rings (SSSR count). The molecule has 0 aliphatic carbocycles. The average Bonchev–Trinajstić information content (AvgIpc) is 2.56. The molecule has 2 unspecified atom stereocenters. The summed E-state index contributed by atoms with van der Waals surface area (Å²) < 4.78 is 11.1. The Morgan fingerprint density at radius 3 is 2.45 bits per heavy atom. The van der Waals surface area contributed by atoms with E-state index >= 15 is 0 Å². The fraction of sp³-hybridized carbons (Fsp3) is 0.647. The standard InChI is InChI=1S/C17H24O3/c18-16(14-5-4-10-20-13-14)17(8-11-19-12-9-17)15-6-2-1-3-7-15/h1-3,6-7,14,16,18H,4-5,8-13H2. The summed E-state index contributed by atoms with van der Waals surface area (Å²) in [5.74, 6) is 0.252. The van der Waals surface area contributed by atoms with Crippen molar-refractivity contribution in [3.05, 3.63) is 35.9 Å². The van der Waals surface area contributed by atoms with E-state index in [1.807, 2.05) is 6.07 Å². The van der Waals surface area contributed by atoms with Crippen LogP contribution in [-0.2, 0) is 14.9 Å². The number of benzene rings is 1. The van der Waals surface area contributed by atoms with Gasteiger partial charge >= 0.3 is 0 Å². The number of ether oxygens (including phenoxy) is 2. The van der Waals surface area contributed by atoms with Gasteiger partial charge in [0.2, 0.25) is 0 Å². The molecular formula is C17H24O3. The minimum Gasteiger partial charge on any atom is -0.392 e. The fourth-order valence-electron chi connectivity index (χ4n) is 3.73. The molecule has 0 aromatic heterocycles. The first-order valence-electron chi connectivity index (χ1n) is 7.72. The Morgan fingerprint density at radius 1 is 1.05 bits per heavy atom. The van der Waals surface area contributed by atoms with Crippen molar-refractivity contribution in [2.24, 2.45) is 5.92 Å². The maximum atomic E-state index is 11.1. The third-order valence-electron chi connectivity index (χ3n) is 4.94. The highest BCUT2D eigenvalue weighted by Gasteiger charge is 2.44. The molecule has 2 fully saturated rings. The van der Waals surface area contributed by atoms with Gasteiger partial charge in [-0.05, 0) is 31.2 Å². The Hall–Kier alpha value is -0.900. The first-order valence-corrected chi connectivity index (χ1v) is 7.72. The summed E-state index contributed by atoms with van der Waals surface area (Å²) in [6.45, 7) is 3.00. The van der Waals surface area contributed by atoms with E-state index in [9.17, 15) is 5.11 Å². The van der Waals surface area contributed by atoms with Crippen LogP contribution < -0.4 is 0 Å². The molecular weight excluding hydrogens is 252 g/mol. The van der Waals surface area contributed by atoms with Gasteiger partial charge in [0.25, 0.3) is 0 Å². The van der Waals surface area contributed by atoms with Crippen LogP contribution >= 0.6 is 0 Å². The zero-order valence-corrected chi connectivity index (χ0v) is 12.0. The molecule has 1 N–H and O–H groups in total. The van der Waals surface area contributed by atoms with Crippen molar-refractivity contribution in [1.82, 2.24) is 0 Å². The molecule has 2 aliphatic heterocycles. The third kappa shape index (κ3) is 2.62. The normalized spacial score (nSPS) is 27.9. The Morgan fingerprint density at radius 2 is 1.80 bits per heavy atom. The summed E-state index contributed by atoms with van der Waals surface area (Å²) in [4.78, 5) is 0. The molecule has 20 heavy (non-hydrogen) atoms. The highest BCUT2D eigenvalue weighted by atomic mass is 16.5. The van der Waals surface area contributed by atoms with Crippen LogP contribution in [0.4, 0.5) is 0 Å². The van der Waals surface area contributed by atoms with Crippen LogP contribution in [-0.4, -0.2) is 37.6 Å². The third-order valence-corrected chi connectivity index (χ3v) is 4.94. The van der Waals surface area contributed by atoms with Crippen LogP contribution in [0, 0.1) is 5.92 Å². The summed E-state index contributed by atoms with van der Waals surface area (Å²) in [5, 5.41) is 11.1. The maximum Gasteiger partial charge on any atom is 0.0688 e. The van der Waals surface area contributed by atoms with Crippen molar-refractivity contribution in [1.29, 1.82) is 0 Å². The molecule has 110 valence electrons. The summed E-state index contributed by atoms with van der Waals surface area (Å²) in [7, 11) is 0. The number of aliphatic hydroxyl groups is 1. The second-order valence-corrected chi connectivity index (χ2v) is 6.06. The molecule has 0 spiro atoms. The van der Waals surface area contributed by atoms with Crippen LogP contribution in [0.3, 0.4) is 0 Å². The van der Waals surface area contributed by atoms with Gasteiger partial charge in [-0.2, -0.15) is 0 Å². The summed E-state index contributed by atoms with van der Waals surface area (Å²) >= 11 is 0. The molecule has 0 radical (unpaired) electrons. The molecule has 3 nitrogen and oxygen atoms in total. The topological polar surface area (TPSA) is 38.7 Å². The van der Waals surface area contributed by atoms with E-state index in [1.165, 1.54) is 5.56 Å². The fourth-order valence-corrected chi connectivity index (χ4v) is 3.73. The van der Waals surface area contributed by atoms with Crippen molar-refractivity contribution >= 4 is 0 Å². The molecule has 0 bridgehead atoms. The minimum absolute atomic E-state index is 0.162. The summed E-state index contributed by atoms with van der Waals surface area (Å²) in [6, 6.07) is 10.5. The van der Waals surface area contributed by atoms with Crippen molar-refractivity contribution in [2.45, 2.75) is 37.2 Å². The molecule has 2 heterocycles. The van der Waals surface area contributed by atoms with Gasteiger partial charge in [0.15, 0.2) is 0 Å². The van der Waals surface area contributed by atoms with Crippen LogP contribution in [0.1, 0.15) is 31.2 Å². The predicted octanol–water partition coefficient (Wildman–Crippen LogP) is 2.52. The highest BCUT2D eigenvalue weighted by Crippen LogP contribution is 2.42. The van der Waals surface area contributed by atoms with Gasteiger partial charge in [-0.25, -0.2) is 0 Å². The van der Waals surface area contributed by atoms with E-state index in [4.69, 9.17) is 9.47 Å². The molecule has 1 aromatic rings. The number of hydrogen-bond acceptors (Lipinski definition) is 3. The number of rotatable bonds is 3. The van der Waals surface area contributed by atoms with Gasteiger partial charge in [0.05, 0.1) is 12.7 Å². The summed E-state index contributed by atoms with van der Waals surface area (Å²) in [6.07, 6.45) is 3.58. The SMILES string of the molecule is OC(C1CCCOC1)C1(c2ccccc2)CCOCC1. The van der Waals surface area contributed by atoms with Gasteiger partial charge in [0.1, 0.15) is 0 Å². The molecule has 1 aromatic carbocycles. The van der Waals surface area contributed by atoms with Crippen molar-refractivity contribution in [3.8, 4) is 0 Å². The molecule has 0 saturated carbocycles. The Balaban J connectivity index is 1.88. The zero-order chi connectivity index (χ0) is 13.8. The van der Waals surface area contributed by atoms with Crippen LogP contribution in [0.25, 0.3) is 0 Å². The number of aliphatic hydroxyl groups excluding tert-OH is 1.